The summed E-state index contributed by atoms with van der Waals surface area (Å²) in [6, 6.07) is 1.81. The van der Waals surface area contributed by atoms with Crippen molar-refractivity contribution in [1.82, 2.24) is 14.7 Å². The van der Waals surface area contributed by atoms with E-state index < -0.39 is 10.0 Å². The Labute approximate surface area is 133 Å². The fourth-order valence-corrected chi connectivity index (χ4v) is 3.54. The smallest absolute Gasteiger partial charge is 0.209 e. The highest BCUT2D eigenvalue weighted by Crippen LogP contribution is 2.24. The van der Waals surface area contributed by atoms with Crippen LogP contribution in [0, 0.1) is 0 Å². The average molecular weight is 326 g/mol. The molecule has 0 radical (unpaired) electrons. The maximum atomic E-state index is 11.5. The van der Waals surface area contributed by atoms with E-state index in [0.29, 0.717) is 0 Å². The summed E-state index contributed by atoms with van der Waals surface area (Å²) in [6.45, 7) is 6.21. The summed E-state index contributed by atoms with van der Waals surface area (Å²) >= 11 is 0. The van der Waals surface area contributed by atoms with Crippen LogP contribution in [0.5, 0.6) is 0 Å². The second kappa shape index (κ2) is 6.50. The molecule has 0 aliphatic heterocycles. The molecule has 0 spiro atoms. The van der Waals surface area contributed by atoms with Crippen molar-refractivity contribution in [3.63, 3.8) is 0 Å². The molecule has 1 aliphatic carbocycles. The van der Waals surface area contributed by atoms with E-state index in [9.17, 15) is 8.42 Å². The predicted octanol–water partition coefficient (Wildman–Crippen LogP) is 2.05. The Morgan fingerprint density at radius 3 is 2.41 bits per heavy atom. The van der Waals surface area contributed by atoms with Gasteiger partial charge in [0.25, 0.3) is 0 Å². The van der Waals surface area contributed by atoms with Crippen LogP contribution in [0.15, 0.2) is 12.3 Å². The van der Waals surface area contributed by atoms with Crippen LogP contribution in [0.4, 0.5) is 5.82 Å². The molecule has 0 bridgehead atoms. The van der Waals surface area contributed by atoms with Gasteiger partial charge >= 0.3 is 0 Å². The fraction of sp³-hybridized carbons (Fsp3) is 0.733. The lowest BCUT2D eigenvalue weighted by atomic mass is 9.91. The van der Waals surface area contributed by atoms with Crippen molar-refractivity contribution in [2.24, 2.45) is 0 Å². The van der Waals surface area contributed by atoms with Crippen molar-refractivity contribution >= 4 is 15.8 Å². The lowest BCUT2D eigenvalue weighted by molar-refractivity contribution is 0.378. The molecule has 1 fully saturated rings. The maximum Gasteiger partial charge on any atom is 0.209 e. The number of hydrogen-bond acceptors (Lipinski definition) is 5. The first-order chi connectivity index (χ1) is 10.1. The van der Waals surface area contributed by atoms with E-state index in [2.05, 4.69) is 40.8 Å². The highest BCUT2D eigenvalue weighted by molar-refractivity contribution is 7.88. The molecular weight excluding hydrogens is 300 g/mol. The second-order valence-corrected chi connectivity index (χ2v) is 8.83. The highest BCUT2D eigenvalue weighted by atomic mass is 32.2. The monoisotopic (exact) mass is 326 g/mol. The van der Waals surface area contributed by atoms with Crippen LogP contribution in [0.2, 0.25) is 0 Å². The molecule has 1 aliphatic rings. The largest absolute Gasteiger partial charge is 0.366 e. The van der Waals surface area contributed by atoms with Crippen LogP contribution >= 0.6 is 0 Å². The van der Waals surface area contributed by atoms with Gasteiger partial charge in [0.15, 0.2) is 0 Å². The fourth-order valence-electron chi connectivity index (χ4n) is 2.71. The number of hydrogen-bond donors (Lipinski definition) is 2. The molecule has 1 aromatic rings. The Morgan fingerprint density at radius 1 is 1.18 bits per heavy atom. The summed E-state index contributed by atoms with van der Waals surface area (Å²) in [5.74, 6) is 1.54. The first-order valence-electron chi connectivity index (χ1n) is 7.72. The molecule has 1 saturated carbocycles. The van der Waals surface area contributed by atoms with Gasteiger partial charge in [-0.1, -0.05) is 33.6 Å². The van der Waals surface area contributed by atoms with Gasteiger partial charge in [0.1, 0.15) is 11.6 Å². The summed E-state index contributed by atoms with van der Waals surface area (Å²) in [7, 11) is -3.20. The van der Waals surface area contributed by atoms with Crippen LogP contribution < -0.4 is 10.0 Å². The number of nitrogens with zero attached hydrogens (tertiary/aromatic N) is 2. The molecule has 0 aromatic carbocycles. The van der Waals surface area contributed by atoms with Crippen LogP contribution in [0.25, 0.3) is 0 Å². The lowest BCUT2D eigenvalue weighted by Crippen LogP contribution is -2.48. The summed E-state index contributed by atoms with van der Waals surface area (Å²) in [4.78, 5) is 8.89. The number of aromatic nitrogens is 2. The van der Waals surface area contributed by atoms with Gasteiger partial charge in [-0.25, -0.2) is 23.1 Å². The molecule has 7 heteroatoms. The first kappa shape index (κ1) is 17.1. The average Bonchev–Trinajstić information content (AvgIpc) is 2.39. The Kier molecular flexibility index (Phi) is 5.07. The molecule has 6 nitrogen and oxygen atoms in total. The first-order valence-corrected chi connectivity index (χ1v) is 9.62. The van der Waals surface area contributed by atoms with Crippen molar-refractivity contribution in [2.45, 2.75) is 64.0 Å². The zero-order chi connectivity index (χ0) is 16.4. The maximum absolute atomic E-state index is 11.5. The van der Waals surface area contributed by atoms with Gasteiger partial charge in [-0.3, -0.25) is 0 Å². The van der Waals surface area contributed by atoms with Gasteiger partial charge in [-0.2, -0.15) is 0 Å². The summed E-state index contributed by atoms with van der Waals surface area (Å²) < 4.78 is 25.8. The van der Waals surface area contributed by atoms with E-state index in [-0.39, 0.29) is 17.5 Å². The molecule has 2 N–H and O–H groups in total. The zero-order valence-corrected chi connectivity index (χ0v) is 14.6. The summed E-state index contributed by atoms with van der Waals surface area (Å²) in [6.07, 6.45) is 6.88. The molecule has 22 heavy (non-hydrogen) atoms. The highest BCUT2D eigenvalue weighted by Gasteiger charge is 2.28. The summed E-state index contributed by atoms with van der Waals surface area (Å²) in [5.41, 5.74) is -0.116. The normalized spacial score (nSPS) is 23.3. The van der Waals surface area contributed by atoms with E-state index in [1.165, 1.54) is 6.26 Å². The molecule has 1 heterocycles. The predicted molar refractivity (Wildman–Crippen MR) is 88.4 cm³/mol. The second-order valence-electron chi connectivity index (χ2n) is 7.05. The Morgan fingerprint density at radius 2 is 1.82 bits per heavy atom. The van der Waals surface area contributed by atoms with E-state index in [0.717, 1.165) is 37.3 Å². The van der Waals surface area contributed by atoms with E-state index in [1.807, 2.05) is 6.07 Å². The Balaban J connectivity index is 2.13. The SMILES string of the molecule is CC(C)(C)c1nccc(N[C@H]2CCCC[C@H]2NS(C)(=O)=O)n1. The standard InChI is InChI=1S/C15H26N4O2S/c1-15(2,3)14-16-10-9-13(18-14)17-11-7-5-6-8-12(11)19-22(4,20)21/h9-12,19H,5-8H2,1-4H3,(H,16,17,18)/t11-,12+/m0/s1. The minimum atomic E-state index is -3.20. The van der Waals surface area contributed by atoms with E-state index >= 15 is 0 Å². The third kappa shape index (κ3) is 4.91. The van der Waals surface area contributed by atoms with E-state index in [4.69, 9.17) is 0 Å². The third-order valence-electron chi connectivity index (χ3n) is 3.79. The topological polar surface area (TPSA) is 84.0 Å². The Hall–Kier alpha value is -1.21. The number of anilines is 1. The lowest BCUT2D eigenvalue weighted by Gasteiger charge is -2.32. The van der Waals surface area contributed by atoms with E-state index in [1.54, 1.807) is 6.20 Å². The molecule has 2 rings (SSSR count). The number of rotatable bonds is 4. The molecule has 0 saturated heterocycles. The van der Waals surface area contributed by atoms with Gasteiger partial charge in [-0.15, -0.1) is 0 Å². The van der Waals surface area contributed by atoms with Gasteiger partial charge in [0, 0.05) is 23.7 Å². The van der Waals surface area contributed by atoms with Crippen molar-refractivity contribution in [3.05, 3.63) is 18.1 Å². The molecule has 0 amide bonds. The summed E-state index contributed by atoms with van der Waals surface area (Å²) in [5, 5.41) is 3.39. The van der Waals surface area contributed by atoms with Gasteiger partial charge in [0.05, 0.1) is 6.26 Å². The minimum absolute atomic E-state index is 0.0613. The van der Waals surface area contributed by atoms with Gasteiger partial charge < -0.3 is 5.32 Å². The van der Waals surface area contributed by atoms with Crippen molar-refractivity contribution < 1.29 is 8.42 Å². The number of nitrogens with one attached hydrogen (secondary N) is 2. The minimum Gasteiger partial charge on any atom is -0.366 e. The molecule has 124 valence electrons. The van der Waals surface area contributed by atoms with Gasteiger partial charge in [-0.05, 0) is 18.9 Å². The molecule has 1 aromatic heterocycles. The third-order valence-corrected chi connectivity index (χ3v) is 4.52. The van der Waals surface area contributed by atoms with Crippen LogP contribution in [-0.2, 0) is 15.4 Å². The molecule has 2 atom stereocenters. The zero-order valence-electron chi connectivity index (χ0n) is 13.8. The number of sulfonamides is 1. The van der Waals surface area contributed by atoms with Crippen LogP contribution in [-0.4, -0.2) is 36.7 Å². The Bertz CT molecular complexity index is 610. The van der Waals surface area contributed by atoms with Crippen LogP contribution in [0.1, 0.15) is 52.3 Å². The van der Waals surface area contributed by atoms with Crippen molar-refractivity contribution in [3.8, 4) is 0 Å². The van der Waals surface area contributed by atoms with Crippen molar-refractivity contribution in [1.29, 1.82) is 0 Å². The molecule has 0 unspecified atom stereocenters. The molecular formula is C15H26N4O2S. The van der Waals surface area contributed by atoms with Crippen LogP contribution in [0.3, 0.4) is 0 Å². The van der Waals surface area contributed by atoms with Gasteiger partial charge in [0.2, 0.25) is 10.0 Å². The quantitative estimate of drug-likeness (QED) is 0.884. The van der Waals surface area contributed by atoms with Crippen molar-refractivity contribution in [2.75, 3.05) is 11.6 Å².